The summed E-state index contributed by atoms with van der Waals surface area (Å²) in [4.78, 5) is 8.82. The highest BCUT2D eigenvalue weighted by Crippen LogP contribution is 2.21. The van der Waals surface area contributed by atoms with Crippen molar-refractivity contribution in [3.8, 4) is 0 Å². The van der Waals surface area contributed by atoms with Gasteiger partial charge in [-0.05, 0) is 30.8 Å². The van der Waals surface area contributed by atoms with E-state index in [0.29, 0.717) is 12.4 Å². The first-order chi connectivity index (χ1) is 10.9. The minimum absolute atomic E-state index is 0.278. The predicted octanol–water partition coefficient (Wildman–Crippen LogP) is 0.0299. The number of aliphatic imine (C=N–C) groups is 1. The maximum Gasteiger partial charge on any atom is 0.196 e. The normalized spacial score (nSPS) is 25.6. The Bertz CT molecular complexity index is 635. The van der Waals surface area contributed by atoms with Crippen LogP contribution < -0.4 is 16.8 Å². The molecule has 1 saturated heterocycles. The van der Waals surface area contributed by atoms with E-state index < -0.39 is 5.66 Å². The number of halogens is 1. The third-order valence-corrected chi connectivity index (χ3v) is 4.19. The largest absolute Gasteiger partial charge is 0.370 e. The molecule has 0 radical (unpaired) electrons. The Balaban J connectivity index is 1.80. The second-order valence-electron chi connectivity index (χ2n) is 6.24. The average Bonchev–Trinajstić information content (AvgIpc) is 2.46. The molecule has 0 bridgehead atoms. The lowest BCUT2D eigenvalue weighted by atomic mass is 9.99. The van der Waals surface area contributed by atoms with E-state index in [2.05, 4.69) is 27.2 Å². The minimum atomic E-state index is -0.970. The van der Waals surface area contributed by atoms with Crippen molar-refractivity contribution in [2.45, 2.75) is 12.1 Å². The topological polar surface area (TPSA) is 82.9 Å². The molecule has 7 heteroatoms. The van der Waals surface area contributed by atoms with Gasteiger partial charge in [0.1, 0.15) is 17.3 Å². The van der Waals surface area contributed by atoms with Crippen LogP contribution in [0.3, 0.4) is 0 Å². The molecule has 3 rings (SSSR count). The van der Waals surface area contributed by atoms with E-state index in [0.717, 1.165) is 37.6 Å². The van der Waals surface area contributed by atoms with Gasteiger partial charge in [0, 0.05) is 32.6 Å². The fraction of sp³-hybridized carbons (Fsp3) is 0.438. The molecule has 2 aliphatic heterocycles. The highest BCUT2D eigenvalue weighted by atomic mass is 19.1. The Morgan fingerprint density at radius 1 is 1.30 bits per heavy atom. The minimum Gasteiger partial charge on any atom is -0.370 e. The summed E-state index contributed by atoms with van der Waals surface area (Å²) in [7, 11) is 2.10. The maximum atomic E-state index is 13.4. The molecule has 6 nitrogen and oxygen atoms in total. The fourth-order valence-corrected chi connectivity index (χ4v) is 2.97. The molecule has 1 aromatic carbocycles. The number of nitrogens with zero attached hydrogens (tertiary/aromatic N) is 3. The van der Waals surface area contributed by atoms with Gasteiger partial charge < -0.3 is 26.6 Å². The summed E-state index contributed by atoms with van der Waals surface area (Å²) in [6.45, 7) is 3.77. The summed E-state index contributed by atoms with van der Waals surface area (Å²) >= 11 is 0. The first-order valence-corrected chi connectivity index (χ1v) is 7.76. The third-order valence-electron chi connectivity index (χ3n) is 4.19. The van der Waals surface area contributed by atoms with Gasteiger partial charge in [-0.3, -0.25) is 0 Å². The van der Waals surface area contributed by atoms with Gasteiger partial charge in [-0.2, -0.15) is 0 Å². The van der Waals surface area contributed by atoms with Crippen molar-refractivity contribution in [1.29, 1.82) is 0 Å². The molecule has 0 saturated carbocycles. The van der Waals surface area contributed by atoms with Gasteiger partial charge in [0.2, 0.25) is 0 Å². The van der Waals surface area contributed by atoms with E-state index in [1.165, 1.54) is 12.1 Å². The Labute approximate surface area is 135 Å². The summed E-state index contributed by atoms with van der Waals surface area (Å²) in [6, 6.07) is 6.41. The molecule has 1 unspecified atom stereocenters. The van der Waals surface area contributed by atoms with Crippen molar-refractivity contribution >= 4 is 5.96 Å². The first-order valence-electron chi connectivity index (χ1n) is 7.76. The Kier molecular flexibility index (Phi) is 4.23. The zero-order chi connectivity index (χ0) is 16.4. The van der Waals surface area contributed by atoms with Crippen LogP contribution in [0.1, 0.15) is 5.56 Å². The van der Waals surface area contributed by atoms with Gasteiger partial charge in [-0.25, -0.2) is 9.38 Å². The standard InChI is InChI=1S/C16H23FN6/c1-22-5-7-23(8-6-22)14-11-16(19,21-15(18)20-14)10-12-3-2-4-13(17)9-12/h2-4,9,11H,5-8,10,19H2,1H3,(H3,18,20,21). The zero-order valence-corrected chi connectivity index (χ0v) is 13.3. The smallest absolute Gasteiger partial charge is 0.196 e. The van der Waals surface area contributed by atoms with Gasteiger partial charge in [0.15, 0.2) is 5.96 Å². The highest BCUT2D eigenvalue weighted by Gasteiger charge is 2.30. The molecule has 1 aromatic rings. The van der Waals surface area contributed by atoms with Crippen LogP contribution in [-0.4, -0.2) is 54.6 Å². The van der Waals surface area contributed by atoms with Crippen LogP contribution >= 0.6 is 0 Å². The molecule has 0 aromatic heterocycles. The number of hydrogen-bond donors (Lipinski definition) is 3. The van der Waals surface area contributed by atoms with Gasteiger partial charge in [-0.1, -0.05) is 12.1 Å². The molecule has 23 heavy (non-hydrogen) atoms. The van der Waals surface area contributed by atoms with Crippen molar-refractivity contribution in [1.82, 2.24) is 15.1 Å². The highest BCUT2D eigenvalue weighted by molar-refractivity contribution is 5.81. The Hall–Kier alpha value is -2.12. The quantitative estimate of drug-likeness (QED) is 0.732. The summed E-state index contributed by atoms with van der Waals surface area (Å²) < 4.78 is 13.4. The Morgan fingerprint density at radius 2 is 2.04 bits per heavy atom. The average molecular weight is 318 g/mol. The van der Waals surface area contributed by atoms with Gasteiger partial charge in [-0.15, -0.1) is 0 Å². The SMILES string of the molecule is CN1CCN(C2=CC(N)(Cc3cccc(F)c3)N=C(N)N2)CC1. The van der Waals surface area contributed by atoms with Gasteiger partial charge in [0.25, 0.3) is 0 Å². The lowest BCUT2D eigenvalue weighted by molar-refractivity contribution is 0.179. The van der Waals surface area contributed by atoms with Crippen LogP contribution in [0.4, 0.5) is 4.39 Å². The lowest BCUT2D eigenvalue weighted by Gasteiger charge is -2.38. The second-order valence-corrected chi connectivity index (χ2v) is 6.24. The van der Waals surface area contributed by atoms with Crippen molar-refractivity contribution in [2.75, 3.05) is 33.2 Å². The molecule has 5 N–H and O–H groups in total. The van der Waals surface area contributed by atoms with E-state index in [9.17, 15) is 4.39 Å². The Morgan fingerprint density at radius 3 is 2.74 bits per heavy atom. The maximum absolute atomic E-state index is 13.4. The number of benzene rings is 1. The molecule has 0 spiro atoms. The van der Waals surface area contributed by atoms with Crippen molar-refractivity contribution in [3.05, 3.63) is 47.5 Å². The van der Waals surface area contributed by atoms with Crippen LogP contribution in [-0.2, 0) is 6.42 Å². The first kappa shape index (κ1) is 15.8. The van der Waals surface area contributed by atoms with E-state index >= 15 is 0 Å². The molecule has 1 atom stereocenters. The monoisotopic (exact) mass is 318 g/mol. The van der Waals surface area contributed by atoms with E-state index in [1.54, 1.807) is 6.07 Å². The van der Waals surface area contributed by atoms with E-state index in [-0.39, 0.29) is 5.82 Å². The molecular weight excluding hydrogens is 295 g/mol. The number of nitrogens with two attached hydrogens (primary N) is 2. The number of hydrogen-bond acceptors (Lipinski definition) is 6. The molecule has 0 amide bonds. The van der Waals surface area contributed by atoms with Crippen LogP contribution in [0.15, 0.2) is 41.2 Å². The number of likely N-dealkylation sites (N-methyl/N-ethyl adjacent to an activating group) is 1. The van der Waals surface area contributed by atoms with Crippen molar-refractivity contribution < 1.29 is 4.39 Å². The third kappa shape index (κ3) is 3.80. The summed E-state index contributed by atoms with van der Waals surface area (Å²) in [5.41, 5.74) is 12.2. The molecule has 1 fully saturated rings. The van der Waals surface area contributed by atoms with E-state index in [4.69, 9.17) is 11.5 Å². The van der Waals surface area contributed by atoms with Crippen LogP contribution in [0, 0.1) is 5.82 Å². The number of nitrogens with one attached hydrogen (secondary N) is 1. The van der Waals surface area contributed by atoms with Crippen LogP contribution in [0.25, 0.3) is 0 Å². The molecule has 2 heterocycles. The fourth-order valence-electron chi connectivity index (χ4n) is 2.97. The number of rotatable bonds is 3. The zero-order valence-electron chi connectivity index (χ0n) is 13.3. The van der Waals surface area contributed by atoms with Crippen LogP contribution in [0.2, 0.25) is 0 Å². The van der Waals surface area contributed by atoms with Gasteiger partial charge >= 0.3 is 0 Å². The second kappa shape index (κ2) is 6.17. The molecular formula is C16H23FN6. The van der Waals surface area contributed by atoms with Crippen molar-refractivity contribution in [2.24, 2.45) is 16.5 Å². The molecule has 2 aliphatic rings. The molecule has 124 valence electrons. The summed E-state index contributed by atoms with van der Waals surface area (Å²) in [5, 5.41) is 3.10. The number of piperazine rings is 1. The number of guanidine groups is 1. The van der Waals surface area contributed by atoms with E-state index in [1.807, 2.05) is 12.1 Å². The summed E-state index contributed by atoms with van der Waals surface area (Å²) in [6.07, 6.45) is 2.28. The van der Waals surface area contributed by atoms with Crippen LogP contribution in [0.5, 0.6) is 0 Å². The summed E-state index contributed by atoms with van der Waals surface area (Å²) in [5.74, 6) is 0.894. The molecule has 0 aliphatic carbocycles. The van der Waals surface area contributed by atoms with Gasteiger partial charge in [0.05, 0.1) is 0 Å². The predicted molar refractivity (Wildman–Crippen MR) is 88.9 cm³/mol. The lowest BCUT2D eigenvalue weighted by Crippen LogP contribution is -2.54. The van der Waals surface area contributed by atoms with Crippen molar-refractivity contribution in [3.63, 3.8) is 0 Å².